The molecule has 7 heteroatoms. The Labute approximate surface area is 131 Å². The van der Waals surface area contributed by atoms with Crippen LogP contribution in [-0.2, 0) is 9.59 Å². The van der Waals surface area contributed by atoms with Gasteiger partial charge in [0, 0.05) is 22.0 Å². The van der Waals surface area contributed by atoms with Gasteiger partial charge in [0.1, 0.15) is 0 Å². The number of carbonyl (C=O) groups excluding carboxylic acids is 3. The van der Waals surface area contributed by atoms with E-state index in [1.54, 1.807) is 12.1 Å². The van der Waals surface area contributed by atoms with Crippen LogP contribution in [0.25, 0.3) is 0 Å². The molecule has 0 aliphatic carbocycles. The molecule has 0 saturated carbocycles. The zero-order valence-corrected chi connectivity index (χ0v) is 12.1. The highest BCUT2D eigenvalue weighted by Crippen LogP contribution is 2.13. The molecule has 2 rings (SSSR count). The number of anilines is 2. The van der Waals surface area contributed by atoms with Crippen molar-refractivity contribution in [1.82, 2.24) is 5.32 Å². The van der Waals surface area contributed by atoms with E-state index in [1.807, 2.05) is 5.32 Å². The second-order valence-electron chi connectivity index (χ2n) is 4.37. The zero-order chi connectivity index (χ0) is 16.1. The smallest absolute Gasteiger partial charge is 0.316 e. The van der Waals surface area contributed by atoms with E-state index >= 15 is 0 Å². The minimum atomic E-state index is -1.06. The first-order chi connectivity index (χ1) is 10.5. The largest absolute Gasteiger partial charge is 0.399 e. The fourth-order valence-electron chi connectivity index (χ4n) is 1.59. The Morgan fingerprint density at radius 1 is 0.864 bits per heavy atom. The monoisotopic (exact) mass is 317 g/mol. The molecule has 2 aromatic rings. The summed E-state index contributed by atoms with van der Waals surface area (Å²) in [6, 6.07) is 12.2. The molecule has 0 fully saturated rings. The van der Waals surface area contributed by atoms with Gasteiger partial charge in [-0.05, 0) is 48.5 Å². The first kappa shape index (κ1) is 15.5. The molecule has 0 spiro atoms. The van der Waals surface area contributed by atoms with Crippen molar-refractivity contribution in [3.05, 3.63) is 59.1 Å². The van der Waals surface area contributed by atoms with Gasteiger partial charge in [0.05, 0.1) is 0 Å². The molecule has 0 saturated heterocycles. The number of nitrogens with two attached hydrogens (primary N) is 1. The van der Waals surface area contributed by atoms with Crippen LogP contribution in [0.3, 0.4) is 0 Å². The Bertz CT molecular complexity index is 712. The molecule has 3 amide bonds. The summed E-state index contributed by atoms with van der Waals surface area (Å²) in [5.74, 6) is -2.70. The van der Waals surface area contributed by atoms with E-state index in [0.717, 1.165) is 0 Å². The maximum absolute atomic E-state index is 11.8. The Kier molecular flexibility index (Phi) is 4.75. The zero-order valence-electron chi connectivity index (χ0n) is 11.3. The first-order valence-corrected chi connectivity index (χ1v) is 6.61. The fraction of sp³-hybridized carbons (Fsp3) is 0. The highest BCUT2D eigenvalue weighted by atomic mass is 35.5. The van der Waals surface area contributed by atoms with E-state index in [1.165, 1.54) is 36.4 Å². The number of amides is 3. The van der Waals surface area contributed by atoms with Crippen LogP contribution in [0.5, 0.6) is 0 Å². The third-order valence-electron chi connectivity index (χ3n) is 2.71. The topological polar surface area (TPSA) is 101 Å². The lowest BCUT2D eigenvalue weighted by Crippen LogP contribution is -2.39. The quantitative estimate of drug-likeness (QED) is 0.581. The fourth-order valence-corrected chi connectivity index (χ4v) is 1.71. The van der Waals surface area contributed by atoms with Crippen molar-refractivity contribution in [2.45, 2.75) is 0 Å². The molecular weight excluding hydrogens is 306 g/mol. The summed E-state index contributed by atoms with van der Waals surface area (Å²) in [6.45, 7) is 0. The minimum absolute atomic E-state index is 0.224. The van der Waals surface area contributed by atoms with Gasteiger partial charge in [-0.3, -0.25) is 19.7 Å². The van der Waals surface area contributed by atoms with E-state index in [-0.39, 0.29) is 5.56 Å². The van der Waals surface area contributed by atoms with Gasteiger partial charge >= 0.3 is 11.8 Å². The molecule has 0 aliphatic rings. The summed E-state index contributed by atoms with van der Waals surface area (Å²) in [4.78, 5) is 35.2. The van der Waals surface area contributed by atoms with E-state index in [4.69, 9.17) is 17.3 Å². The van der Waals surface area contributed by atoms with Gasteiger partial charge in [0.15, 0.2) is 0 Å². The van der Waals surface area contributed by atoms with Crippen LogP contribution in [0.2, 0.25) is 5.02 Å². The van der Waals surface area contributed by atoms with Crippen LogP contribution in [0.15, 0.2) is 48.5 Å². The molecule has 2 aromatic carbocycles. The molecule has 112 valence electrons. The molecule has 0 aromatic heterocycles. The lowest BCUT2D eigenvalue weighted by molar-refractivity contribution is -0.135. The predicted molar refractivity (Wildman–Crippen MR) is 83.4 cm³/mol. The third-order valence-corrected chi connectivity index (χ3v) is 2.96. The molecule has 0 aliphatic heterocycles. The normalized spacial score (nSPS) is 9.86. The number of nitrogens with one attached hydrogen (secondary N) is 2. The number of hydrogen-bond acceptors (Lipinski definition) is 4. The average Bonchev–Trinajstić information content (AvgIpc) is 2.50. The molecule has 0 unspecified atom stereocenters. The SMILES string of the molecule is Nc1ccc(C(=O)NC(=O)C(=O)Nc2ccc(Cl)cc2)cc1. The molecule has 0 radical (unpaired) electrons. The summed E-state index contributed by atoms with van der Waals surface area (Å²) in [6.07, 6.45) is 0. The number of benzene rings is 2. The number of rotatable bonds is 2. The maximum atomic E-state index is 11.8. The van der Waals surface area contributed by atoms with Gasteiger partial charge in [-0.15, -0.1) is 0 Å². The van der Waals surface area contributed by atoms with Crippen LogP contribution >= 0.6 is 11.6 Å². The van der Waals surface area contributed by atoms with Gasteiger partial charge < -0.3 is 11.1 Å². The standard InChI is InChI=1S/C15H12ClN3O3/c16-10-3-7-12(8-4-10)18-14(21)15(22)19-13(20)9-1-5-11(17)6-2-9/h1-8H,17H2,(H,18,21)(H,19,20,22). The lowest BCUT2D eigenvalue weighted by atomic mass is 10.2. The predicted octanol–water partition coefficient (Wildman–Crippen LogP) is 1.82. The Balaban J connectivity index is 1.96. The molecule has 0 heterocycles. The Morgan fingerprint density at radius 3 is 2.05 bits per heavy atom. The number of halogens is 1. The number of carbonyl (C=O) groups is 3. The summed E-state index contributed by atoms with van der Waals surface area (Å²) >= 11 is 5.71. The number of hydrogen-bond donors (Lipinski definition) is 3. The van der Waals surface area contributed by atoms with Gasteiger partial charge in [-0.25, -0.2) is 0 Å². The first-order valence-electron chi connectivity index (χ1n) is 6.23. The third kappa shape index (κ3) is 4.07. The van der Waals surface area contributed by atoms with Crippen LogP contribution < -0.4 is 16.4 Å². The summed E-state index contributed by atoms with van der Waals surface area (Å²) < 4.78 is 0. The van der Waals surface area contributed by atoms with Crippen molar-refractivity contribution < 1.29 is 14.4 Å². The van der Waals surface area contributed by atoms with Crippen LogP contribution in [0.4, 0.5) is 11.4 Å². The van der Waals surface area contributed by atoms with E-state index in [0.29, 0.717) is 16.4 Å². The molecule has 4 N–H and O–H groups in total. The van der Waals surface area contributed by atoms with Gasteiger partial charge in [-0.2, -0.15) is 0 Å². The minimum Gasteiger partial charge on any atom is -0.399 e. The van der Waals surface area contributed by atoms with Crippen LogP contribution in [-0.4, -0.2) is 17.7 Å². The Morgan fingerprint density at radius 2 is 1.45 bits per heavy atom. The second-order valence-corrected chi connectivity index (χ2v) is 4.80. The second kappa shape index (κ2) is 6.73. The molecule has 0 atom stereocenters. The van der Waals surface area contributed by atoms with Gasteiger partial charge in [0.2, 0.25) is 0 Å². The van der Waals surface area contributed by atoms with Crippen LogP contribution in [0, 0.1) is 0 Å². The lowest BCUT2D eigenvalue weighted by Gasteiger charge is -2.06. The van der Waals surface area contributed by atoms with E-state index in [9.17, 15) is 14.4 Å². The van der Waals surface area contributed by atoms with Crippen molar-refractivity contribution in [2.75, 3.05) is 11.1 Å². The number of imide groups is 1. The van der Waals surface area contributed by atoms with Crippen molar-refractivity contribution >= 4 is 40.7 Å². The summed E-state index contributed by atoms with van der Waals surface area (Å²) in [7, 11) is 0. The van der Waals surface area contributed by atoms with Crippen LogP contribution in [0.1, 0.15) is 10.4 Å². The van der Waals surface area contributed by atoms with Gasteiger partial charge in [0.25, 0.3) is 5.91 Å². The highest BCUT2D eigenvalue weighted by molar-refractivity contribution is 6.42. The highest BCUT2D eigenvalue weighted by Gasteiger charge is 2.17. The molecular formula is C15H12ClN3O3. The summed E-state index contributed by atoms with van der Waals surface area (Å²) in [5.41, 5.74) is 6.61. The van der Waals surface area contributed by atoms with E-state index < -0.39 is 17.7 Å². The molecule has 6 nitrogen and oxygen atoms in total. The Hall–Kier alpha value is -2.86. The summed E-state index contributed by atoms with van der Waals surface area (Å²) in [5, 5.41) is 4.84. The van der Waals surface area contributed by atoms with E-state index in [2.05, 4.69) is 5.32 Å². The number of nitrogen functional groups attached to an aromatic ring is 1. The molecule has 22 heavy (non-hydrogen) atoms. The van der Waals surface area contributed by atoms with Gasteiger partial charge in [-0.1, -0.05) is 11.6 Å². The maximum Gasteiger partial charge on any atom is 0.316 e. The van der Waals surface area contributed by atoms with Crippen molar-refractivity contribution in [3.8, 4) is 0 Å². The van der Waals surface area contributed by atoms with Crippen molar-refractivity contribution in [3.63, 3.8) is 0 Å². The average molecular weight is 318 g/mol. The van der Waals surface area contributed by atoms with Crippen molar-refractivity contribution in [2.24, 2.45) is 0 Å². The molecule has 0 bridgehead atoms. The van der Waals surface area contributed by atoms with Crippen molar-refractivity contribution in [1.29, 1.82) is 0 Å².